The van der Waals surface area contributed by atoms with E-state index in [0.717, 1.165) is 24.8 Å². The zero-order chi connectivity index (χ0) is 16.9. The Labute approximate surface area is 142 Å². The lowest BCUT2D eigenvalue weighted by Gasteiger charge is -2.38. The van der Waals surface area contributed by atoms with Gasteiger partial charge in [-0.25, -0.2) is 4.39 Å². The number of nitriles is 1. The number of carbonyl (C=O) groups is 1. The molecular formula is C19H22FN3O. The SMILES string of the molecule is N#C[C@@H](c1ccc(F)cc1)N1CCN(C(=O)[C@H]2CC=CCC2)CC1. The summed E-state index contributed by atoms with van der Waals surface area (Å²) in [7, 11) is 0. The standard InChI is InChI=1S/C19H22FN3O/c20-17-8-6-15(7-9-17)18(14-21)22-10-12-23(13-11-22)19(24)16-4-2-1-3-5-16/h1-2,6-9,16,18H,3-5,10-13H2/t16-,18-/m0/s1. The van der Waals surface area contributed by atoms with Crippen LogP contribution in [0.5, 0.6) is 0 Å². The van der Waals surface area contributed by atoms with Crippen molar-refractivity contribution in [2.24, 2.45) is 5.92 Å². The Morgan fingerprint density at radius 3 is 2.46 bits per heavy atom. The van der Waals surface area contributed by atoms with Crippen LogP contribution in [-0.2, 0) is 4.79 Å². The van der Waals surface area contributed by atoms with Crippen LogP contribution < -0.4 is 0 Å². The van der Waals surface area contributed by atoms with Crippen molar-refractivity contribution in [2.75, 3.05) is 26.2 Å². The summed E-state index contributed by atoms with van der Waals surface area (Å²) in [5, 5.41) is 9.51. The zero-order valence-corrected chi connectivity index (χ0v) is 13.7. The van der Waals surface area contributed by atoms with E-state index in [0.29, 0.717) is 26.2 Å². The number of rotatable bonds is 3. The Morgan fingerprint density at radius 2 is 1.88 bits per heavy atom. The summed E-state index contributed by atoms with van der Waals surface area (Å²) >= 11 is 0. The normalized spacial score (nSPS) is 22.8. The summed E-state index contributed by atoms with van der Waals surface area (Å²) in [6.07, 6.45) is 7.00. The van der Waals surface area contributed by atoms with E-state index in [1.807, 2.05) is 4.90 Å². The molecule has 0 aromatic heterocycles. The van der Waals surface area contributed by atoms with Crippen molar-refractivity contribution in [3.63, 3.8) is 0 Å². The van der Waals surface area contributed by atoms with Crippen LogP contribution in [0.1, 0.15) is 30.9 Å². The number of halogens is 1. The minimum absolute atomic E-state index is 0.116. The Morgan fingerprint density at radius 1 is 1.17 bits per heavy atom. The molecule has 0 spiro atoms. The first-order valence-electron chi connectivity index (χ1n) is 8.52. The van der Waals surface area contributed by atoms with Crippen LogP contribution in [-0.4, -0.2) is 41.9 Å². The monoisotopic (exact) mass is 327 g/mol. The van der Waals surface area contributed by atoms with Gasteiger partial charge < -0.3 is 4.90 Å². The highest BCUT2D eigenvalue weighted by atomic mass is 19.1. The molecule has 0 bridgehead atoms. The molecule has 4 nitrogen and oxygen atoms in total. The second kappa shape index (κ2) is 7.59. The van der Waals surface area contributed by atoms with E-state index < -0.39 is 0 Å². The topological polar surface area (TPSA) is 47.3 Å². The van der Waals surface area contributed by atoms with E-state index in [2.05, 4.69) is 23.1 Å². The molecule has 24 heavy (non-hydrogen) atoms. The minimum atomic E-state index is -0.388. The molecule has 0 saturated carbocycles. The molecule has 0 unspecified atom stereocenters. The average molecular weight is 327 g/mol. The van der Waals surface area contributed by atoms with Crippen LogP contribution in [0.25, 0.3) is 0 Å². The lowest BCUT2D eigenvalue weighted by atomic mass is 9.93. The van der Waals surface area contributed by atoms with Gasteiger partial charge in [0, 0.05) is 32.1 Å². The molecule has 2 aliphatic rings. The molecule has 1 aromatic rings. The number of amides is 1. The third-order valence-corrected chi connectivity index (χ3v) is 4.92. The summed E-state index contributed by atoms with van der Waals surface area (Å²) in [6.45, 7) is 2.64. The fourth-order valence-electron chi connectivity index (χ4n) is 3.49. The van der Waals surface area contributed by atoms with E-state index in [-0.39, 0.29) is 23.7 Å². The highest BCUT2D eigenvalue weighted by Gasteiger charge is 2.30. The molecule has 3 rings (SSSR count). The van der Waals surface area contributed by atoms with Gasteiger partial charge in [-0.15, -0.1) is 0 Å². The van der Waals surface area contributed by atoms with Gasteiger partial charge in [0.15, 0.2) is 0 Å². The van der Waals surface area contributed by atoms with Crippen molar-refractivity contribution in [1.29, 1.82) is 5.26 Å². The molecule has 1 fully saturated rings. The van der Waals surface area contributed by atoms with Crippen molar-refractivity contribution in [1.82, 2.24) is 9.80 Å². The van der Waals surface area contributed by atoms with E-state index in [1.165, 1.54) is 12.1 Å². The third kappa shape index (κ3) is 3.65. The average Bonchev–Trinajstić information content (AvgIpc) is 2.64. The van der Waals surface area contributed by atoms with Gasteiger partial charge in [-0.2, -0.15) is 5.26 Å². The highest BCUT2D eigenvalue weighted by Crippen LogP contribution is 2.24. The summed E-state index contributed by atoms with van der Waals surface area (Å²) in [6, 6.07) is 8.01. The van der Waals surface area contributed by atoms with Crippen molar-refractivity contribution in [3.8, 4) is 6.07 Å². The fraction of sp³-hybridized carbons (Fsp3) is 0.474. The molecule has 1 saturated heterocycles. The van der Waals surface area contributed by atoms with Gasteiger partial charge in [0.2, 0.25) is 5.91 Å². The van der Waals surface area contributed by atoms with Gasteiger partial charge in [0.25, 0.3) is 0 Å². The van der Waals surface area contributed by atoms with Crippen LogP contribution in [0.15, 0.2) is 36.4 Å². The quantitative estimate of drug-likeness (QED) is 0.802. The molecule has 1 aromatic carbocycles. The zero-order valence-electron chi connectivity index (χ0n) is 13.7. The molecule has 1 amide bonds. The Hall–Kier alpha value is -2.19. The van der Waals surface area contributed by atoms with Crippen molar-refractivity contribution < 1.29 is 9.18 Å². The Bertz CT molecular complexity index is 642. The van der Waals surface area contributed by atoms with Crippen molar-refractivity contribution >= 4 is 5.91 Å². The number of hydrogen-bond donors (Lipinski definition) is 0. The molecular weight excluding hydrogens is 305 g/mol. The molecule has 0 N–H and O–H groups in total. The predicted molar refractivity (Wildman–Crippen MR) is 89.4 cm³/mol. The number of hydrogen-bond acceptors (Lipinski definition) is 3. The maximum atomic E-state index is 13.1. The second-order valence-corrected chi connectivity index (χ2v) is 6.43. The van der Waals surface area contributed by atoms with Crippen LogP contribution in [0.3, 0.4) is 0 Å². The number of carbonyl (C=O) groups excluding carboxylic acids is 1. The first kappa shape index (κ1) is 16.7. The second-order valence-electron chi connectivity index (χ2n) is 6.43. The van der Waals surface area contributed by atoms with Crippen LogP contribution in [0.2, 0.25) is 0 Å². The van der Waals surface area contributed by atoms with Crippen LogP contribution in [0, 0.1) is 23.1 Å². The first-order valence-corrected chi connectivity index (χ1v) is 8.52. The summed E-state index contributed by atoms with van der Waals surface area (Å²) in [4.78, 5) is 16.6. The van der Waals surface area contributed by atoms with Gasteiger partial charge in [-0.05, 0) is 37.0 Å². The van der Waals surface area contributed by atoms with Gasteiger partial charge in [0.05, 0.1) is 6.07 Å². The number of piperazine rings is 1. The smallest absolute Gasteiger partial charge is 0.226 e. The van der Waals surface area contributed by atoms with Crippen LogP contribution in [0.4, 0.5) is 4.39 Å². The molecule has 126 valence electrons. The lowest BCUT2D eigenvalue weighted by Crippen LogP contribution is -2.51. The van der Waals surface area contributed by atoms with Gasteiger partial charge in [-0.1, -0.05) is 24.3 Å². The number of allylic oxidation sites excluding steroid dienone is 2. The molecule has 2 atom stereocenters. The number of benzene rings is 1. The lowest BCUT2D eigenvalue weighted by molar-refractivity contribution is -0.137. The van der Waals surface area contributed by atoms with Crippen molar-refractivity contribution in [3.05, 3.63) is 47.8 Å². The maximum absolute atomic E-state index is 13.1. The predicted octanol–water partition coefficient (Wildman–Crippen LogP) is 2.89. The Balaban J connectivity index is 1.59. The van der Waals surface area contributed by atoms with Gasteiger partial charge in [-0.3, -0.25) is 9.69 Å². The number of nitrogens with zero attached hydrogens (tertiary/aromatic N) is 3. The Kier molecular flexibility index (Phi) is 5.27. The fourth-order valence-corrected chi connectivity index (χ4v) is 3.49. The molecule has 1 heterocycles. The minimum Gasteiger partial charge on any atom is -0.340 e. The molecule has 1 aliphatic heterocycles. The van der Waals surface area contributed by atoms with E-state index in [9.17, 15) is 14.4 Å². The van der Waals surface area contributed by atoms with E-state index in [4.69, 9.17) is 0 Å². The van der Waals surface area contributed by atoms with Crippen molar-refractivity contribution in [2.45, 2.75) is 25.3 Å². The summed E-state index contributed by atoms with van der Waals surface area (Å²) in [5.74, 6) is 0.0621. The largest absolute Gasteiger partial charge is 0.340 e. The molecule has 0 radical (unpaired) electrons. The molecule has 5 heteroatoms. The first-order chi connectivity index (χ1) is 11.7. The van der Waals surface area contributed by atoms with E-state index in [1.54, 1.807) is 12.1 Å². The van der Waals surface area contributed by atoms with Gasteiger partial charge in [0.1, 0.15) is 11.9 Å². The maximum Gasteiger partial charge on any atom is 0.226 e. The summed E-state index contributed by atoms with van der Waals surface area (Å²) in [5.41, 5.74) is 0.802. The van der Waals surface area contributed by atoms with Gasteiger partial charge >= 0.3 is 0 Å². The molecule has 1 aliphatic carbocycles. The van der Waals surface area contributed by atoms with Crippen LogP contribution >= 0.6 is 0 Å². The third-order valence-electron chi connectivity index (χ3n) is 4.92. The van der Waals surface area contributed by atoms with E-state index >= 15 is 0 Å². The highest BCUT2D eigenvalue weighted by molar-refractivity contribution is 5.79. The summed E-state index contributed by atoms with van der Waals surface area (Å²) < 4.78 is 13.1.